The normalized spacial score (nSPS) is 29.2. The maximum absolute atomic E-state index is 10.5. The summed E-state index contributed by atoms with van der Waals surface area (Å²) in [7, 11) is 0. The summed E-state index contributed by atoms with van der Waals surface area (Å²) in [6.45, 7) is 0.325. The van der Waals surface area contributed by atoms with Gasteiger partial charge in [0.1, 0.15) is 0 Å². The third-order valence-corrected chi connectivity index (χ3v) is 6.24. The van der Waals surface area contributed by atoms with Crippen LogP contribution in [0.2, 0.25) is 0 Å². The fraction of sp³-hybridized carbons (Fsp3) is 0.727. The molecular weight excluding hydrogens is 312 g/mol. The maximum atomic E-state index is 10.5. The molecule has 2 saturated heterocycles. The number of benzene rings is 1. The molecule has 5 unspecified atom stereocenters. The molecule has 2 bridgehead atoms. The van der Waals surface area contributed by atoms with Crippen molar-refractivity contribution in [1.82, 2.24) is 0 Å². The first-order valence-electron chi connectivity index (χ1n) is 10.3. The molecule has 1 aromatic carbocycles. The average molecular weight is 347 g/mol. The molecule has 0 radical (unpaired) electrons. The van der Waals surface area contributed by atoms with Crippen molar-refractivity contribution < 1.29 is 14.9 Å². The Kier molecular flexibility index (Phi) is 7.33. The number of aliphatic hydroxyl groups excluding tert-OH is 2. The van der Waals surface area contributed by atoms with Crippen LogP contribution in [0.3, 0.4) is 0 Å². The van der Waals surface area contributed by atoms with Gasteiger partial charge in [-0.25, -0.2) is 0 Å². The topological polar surface area (TPSA) is 49.7 Å². The molecule has 0 aliphatic carbocycles. The molecule has 0 saturated carbocycles. The third-order valence-electron chi connectivity index (χ3n) is 6.24. The summed E-state index contributed by atoms with van der Waals surface area (Å²) in [6, 6.07) is 10.0. The molecule has 3 heteroatoms. The molecule has 140 valence electrons. The molecule has 2 fully saturated rings. The minimum atomic E-state index is -0.348. The highest BCUT2D eigenvalue weighted by atomic mass is 16.5. The van der Waals surface area contributed by atoms with Crippen LogP contribution in [0.1, 0.15) is 75.9 Å². The van der Waals surface area contributed by atoms with Crippen LogP contribution in [0, 0.1) is 11.8 Å². The van der Waals surface area contributed by atoms with E-state index in [-0.39, 0.29) is 6.10 Å². The van der Waals surface area contributed by atoms with Crippen molar-refractivity contribution in [3.8, 4) is 0 Å². The lowest BCUT2D eigenvalue weighted by atomic mass is 9.74. The number of hydrogen-bond acceptors (Lipinski definition) is 3. The van der Waals surface area contributed by atoms with Crippen molar-refractivity contribution in [2.45, 2.75) is 82.5 Å². The van der Waals surface area contributed by atoms with E-state index in [0.29, 0.717) is 30.7 Å². The molecule has 0 aromatic heterocycles. The van der Waals surface area contributed by atoms with E-state index in [4.69, 9.17) is 9.84 Å². The molecule has 1 aromatic rings. The van der Waals surface area contributed by atoms with Crippen molar-refractivity contribution in [3.63, 3.8) is 0 Å². The zero-order chi connectivity index (χ0) is 17.5. The summed E-state index contributed by atoms with van der Waals surface area (Å²) in [5.74, 6) is 1.33. The fourth-order valence-electron chi connectivity index (χ4n) is 4.88. The van der Waals surface area contributed by atoms with E-state index in [2.05, 4.69) is 0 Å². The van der Waals surface area contributed by atoms with Gasteiger partial charge < -0.3 is 14.9 Å². The van der Waals surface area contributed by atoms with E-state index in [9.17, 15) is 5.11 Å². The minimum Gasteiger partial charge on any atom is -0.396 e. The maximum Gasteiger partial charge on any atom is 0.0790 e. The Hall–Kier alpha value is -0.900. The standard InChI is InChI=1S/C22H34O3/c23-16-8-3-1-2-7-11-18-19(22-15-14-21(18)25-22)12-13-20(24)17-9-5-4-6-10-17/h4-6,9-10,18-24H,1-3,7-8,11-16H2. The monoisotopic (exact) mass is 346 g/mol. The molecule has 3 rings (SSSR count). The second-order valence-corrected chi connectivity index (χ2v) is 7.90. The molecule has 3 nitrogen and oxygen atoms in total. The van der Waals surface area contributed by atoms with Crippen LogP contribution in [0.5, 0.6) is 0 Å². The van der Waals surface area contributed by atoms with Gasteiger partial charge in [0.2, 0.25) is 0 Å². The van der Waals surface area contributed by atoms with Gasteiger partial charge in [0.15, 0.2) is 0 Å². The van der Waals surface area contributed by atoms with Gasteiger partial charge in [-0.3, -0.25) is 0 Å². The Morgan fingerprint density at radius 3 is 2.24 bits per heavy atom. The molecule has 0 amide bonds. The molecular formula is C22H34O3. The number of unbranched alkanes of at least 4 members (excludes halogenated alkanes) is 4. The van der Waals surface area contributed by atoms with Gasteiger partial charge in [-0.2, -0.15) is 0 Å². The Morgan fingerprint density at radius 2 is 1.52 bits per heavy atom. The Labute approximate surface area is 152 Å². The average Bonchev–Trinajstić information content (AvgIpc) is 3.25. The first-order chi connectivity index (χ1) is 12.3. The largest absolute Gasteiger partial charge is 0.396 e. The number of hydrogen-bond donors (Lipinski definition) is 2. The second-order valence-electron chi connectivity index (χ2n) is 7.90. The lowest BCUT2D eigenvalue weighted by Crippen LogP contribution is -2.27. The van der Waals surface area contributed by atoms with Crippen LogP contribution in [-0.2, 0) is 4.74 Å². The van der Waals surface area contributed by atoms with Crippen LogP contribution in [0.15, 0.2) is 30.3 Å². The summed E-state index contributed by atoms with van der Waals surface area (Å²) in [5.41, 5.74) is 1.03. The summed E-state index contributed by atoms with van der Waals surface area (Å²) >= 11 is 0. The highest BCUT2D eigenvalue weighted by molar-refractivity contribution is 5.17. The van der Waals surface area contributed by atoms with Gasteiger partial charge in [-0.1, -0.05) is 56.0 Å². The van der Waals surface area contributed by atoms with Gasteiger partial charge in [-0.05, 0) is 55.9 Å². The molecule has 2 heterocycles. The van der Waals surface area contributed by atoms with E-state index in [1.165, 1.54) is 38.5 Å². The summed E-state index contributed by atoms with van der Waals surface area (Å²) in [5, 5.41) is 19.3. The zero-order valence-electron chi connectivity index (χ0n) is 15.4. The van der Waals surface area contributed by atoms with E-state index >= 15 is 0 Å². The first-order valence-corrected chi connectivity index (χ1v) is 10.3. The number of rotatable bonds is 11. The predicted molar refractivity (Wildman–Crippen MR) is 100 cm³/mol. The van der Waals surface area contributed by atoms with Crippen molar-refractivity contribution in [2.75, 3.05) is 6.61 Å². The molecule has 2 N–H and O–H groups in total. The second kappa shape index (κ2) is 9.70. The van der Waals surface area contributed by atoms with Crippen molar-refractivity contribution in [1.29, 1.82) is 0 Å². The van der Waals surface area contributed by atoms with E-state index in [1.807, 2.05) is 30.3 Å². The van der Waals surface area contributed by atoms with Crippen LogP contribution >= 0.6 is 0 Å². The molecule has 5 atom stereocenters. The van der Waals surface area contributed by atoms with Gasteiger partial charge in [0.25, 0.3) is 0 Å². The van der Waals surface area contributed by atoms with Crippen LogP contribution in [0.25, 0.3) is 0 Å². The van der Waals surface area contributed by atoms with Crippen LogP contribution < -0.4 is 0 Å². The highest BCUT2D eigenvalue weighted by Gasteiger charge is 2.47. The van der Waals surface area contributed by atoms with Gasteiger partial charge >= 0.3 is 0 Å². The van der Waals surface area contributed by atoms with E-state index in [0.717, 1.165) is 31.2 Å². The smallest absolute Gasteiger partial charge is 0.0790 e. The minimum absolute atomic E-state index is 0.325. The van der Waals surface area contributed by atoms with E-state index < -0.39 is 0 Å². The summed E-state index contributed by atoms with van der Waals surface area (Å²) in [6.07, 6.45) is 12.1. The van der Waals surface area contributed by atoms with E-state index in [1.54, 1.807) is 0 Å². The predicted octanol–water partition coefficient (Wildman–Crippen LogP) is 4.63. The van der Waals surface area contributed by atoms with Crippen molar-refractivity contribution in [3.05, 3.63) is 35.9 Å². The van der Waals surface area contributed by atoms with Gasteiger partial charge in [-0.15, -0.1) is 0 Å². The number of fused-ring (bicyclic) bond motifs is 2. The van der Waals surface area contributed by atoms with Crippen LogP contribution in [-0.4, -0.2) is 29.0 Å². The highest BCUT2D eigenvalue weighted by Crippen LogP contribution is 2.48. The van der Waals surface area contributed by atoms with Gasteiger partial charge in [0.05, 0.1) is 18.3 Å². The summed E-state index contributed by atoms with van der Waals surface area (Å²) in [4.78, 5) is 0. The lowest BCUT2D eigenvalue weighted by Gasteiger charge is -2.29. The van der Waals surface area contributed by atoms with Gasteiger partial charge in [0, 0.05) is 6.61 Å². The lowest BCUT2D eigenvalue weighted by molar-refractivity contribution is 0.0830. The summed E-state index contributed by atoms with van der Waals surface area (Å²) < 4.78 is 6.22. The molecule has 0 spiro atoms. The number of ether oxygens (including phenoxy) is 1. The first kappa shape index (κ1) is 18.9. The molecule has 2 aliphatic heterocycles. The fourth-order valence-corrected chi connectivity index (χ4v) is 4.88. The Bertz CT molecular complexity index is 489. The molecule has 2 aliphatic rings. The Balaban J connectivity index is 1.44. The Morgan fingerprint density at radius 1 is 0.880 bits per heavy atom. The quantitative estimate of drug-likeness (QED) is 0.575. The van der Waals surface area contributed by atoms with Crippen molar-refractivity contribution >= 4 is 0 Å². The van der Waals surface area contributed by atoms with Crippen molar-refractivity contribution in [2.24, 2.45) is 11.8 Å². The number of aliphatic hydroxyl groups is 2. The SMILES string of the molecule is OCCCCCCCC1C2CCC(O2)C1CCC(O)c1ccccc1. The zero-order valence-corrected chi connectivity index (χ0v) is 15.4. The third kappa shape index (κ3) is 5.06. The van der Waals surface area contributed by atoms with Crippen LogP contribution in [0.4, 0.5) is 0 Å². The molecule has 25 heavy (non-hydrogen) atoms.